The minimum absolute atomic E-state index is 0.183. The molecule has 1 aromatic heterocycles. The van der Waals surface area contributed by atoms with Gasteiger partial charge >= 0.3 is 0 Å². The Bertz CT molecular complexity index is 664. The van der Waals surface area contributed by atoms with E-state index in [4.69, 9.17) is 15.9 Å². The Morgan fingerprint density at radius 3 is 2.52 bits per heavy atom. The Kier molecular flexibility index (Phi) is 4.27. The number of nitrogens with two attached hydrogens (primary N) is 2. The summed E-state index contributed by atoms with van der Waals surface area (Å²) in [7, 11) is 0. The number of furan rings is 1. The van der Waals surface area contributed by atoms with Crippen molar-refractivity contribution < 1.29 is 14.0 Å². The van der Waals surface area contributed by atoms with Crippen LogP contribution in [-0.2, 0) is 11.3 Å². The molecule has 0 spiro atoms. The van der Waals surface area contributed by atoms with Crippen LogP contribution in [0.3, 0.4) is 0 Å². The van der Waals surface area contributed by atoms with Crippen LogP contribution in [-0.4, -0.2) is 23.3 Å². The van der Waals surface area contributed by atoms with Gasteiger partial charge in [-0.05, 0) is 24.6 Å². The van der Waals surface area contributed by atoms with E-state index in [-0.39, 0.29) is 19.0 Å². The summed E-state index contributed by atoms with van der Waals surface area (Å²) in [6.45, 7) is 1.71. The van der Waals surface area contributed by atoms with Gasteiger partial charge in [-0.25, -0.2) is 0 Å². The number of benzene rings is 1. The molecular formula is C15H17N3O3. The first-order chi connectivity index (χ1) is 9.99. The van der Waals surface area contributed by atoms with Gasteiger partial charge in [0.2, 0.25) is 5.91 Å². The van der Waals surface area contributed by atoms with Crippen LogP contribution in [0, 0.1) is 6.92 Å². The molecule has 1 heterocycles. The largest absolute Gasteiger partial charge is 0.469 e. The number of carbonyl (C=O) groups is 2. The number of para-hydroxylation sites is 1. The zero-order valence-corrected chi connectivity index (χ0v) is 11.7. The SMILES string of the molecule is Cc1occc1C(=O)N(CC(N)=O)Cc1ccccc1N. The summed E-state index contributed by atoms with van der Waals surface area (Å²) in [5.41, 5.74) is 12.8. The van der Waals surface area contributed by atoms with E-state index < -0.39 is 5.91 Å². The van der Waals surface area contributed by atoms with Gasteiger partial charge in [-0.2, -0.15) is 0 Å². The fourth-order valence-electron chi connectivity index (χ4n) is 2.05. The normalized spacial score (nSPS) is 10.3. The van der Waals surface area contributed by atoms with Gasteiger partial charge in [0, 0.05) is 12.2 Å². The quantitative estimate of drug-likeness (QED) is 0.809. The van der Waals surface area contributed by atoms with Crippen molar-refractivity contribution in [3.63, 3.8) is 0 Å². The number of carbonyl (C=O) groups excluding carboxylic acids is 2. The molecule has 4 N–H and O–H groups in total. The smallest absolute Gasteiger partial charge is 0.258 e. The van der Waals surface area contributed by atoms with Crippen LogP contribution in [0.2, 0.25) is 0 Å². The molecule has 2 aromatic rings. The Balaban J connectivity index is 2.27. The van der Waals surface area contributed by atoms with Crippen molar-refractivity contribution in [2.75, 3.05) is 12.3 Å². The van der Waals surface area contributed by atoms with Gasteiger partial charge in [-0.1, -0.05) is 18.2 Å². The maximum atomic E-state index is 12.5. The van der Waals surface area contributed by atoms with E-state index in [0.29, 0.717) is 17.0 Å². The van der Waals surface area contributed by atoms with Gasteiger partial charge in [-0.15, -0.1) is 0 Å². The highest BCUT2D eigenvalue weighted by molar-refractivity contribution is 5.97. The lowest BCUT2D eigenvalue weighted by Crippen LogP contribution is -2.38. The molecule has 0 bridgehead atoms. The lowest BCUT2D eigenvalue weighted by molar-refractivity contribution is -0.118. The first-order valence-corrected chi connectivity index (χ1v) is 6.44. The maximum Gasteiger partial charge on any atom is 0.258 e. The van der Waals surface area contributed by atoms with Gasteiger partial charge < -0.3 is 20.8 Å². The first kappa shape index (κ1) is 14.6. The van der Waals surface area contributed by atoms with Crippen LogP contribution in [0.4, 0.5) is 5.69 Å². The first-order valence-electron chi connectivity index (χ1n) is 6.44. The summed E-state index contributed by atoms with van der Waals surface area (Å²) in [5, 5.41) is 0. The second-order valence-corrected chi connectivity index (χ2v) is 4.72. The number of nitrogens with zero attached hydrogens (tertiary/aromatic N) is 1. The number of aryl methyl sites for hydroxylation is 1. The predicted molar refractivity (Wildman–Crippen MR) is 78.2 cm³/mol. The summed E-state index contributed by atoms with van der Waals surface area (Å²) in [4.78, 5) is 25.1. The number of primary amides is 1. The average Bonchev–Trinajstić information content (AvgIpc) is 2.85. The number of nitrogen functional groups attached to an aromatic ring is 1. The van der Waals surface area contributed by atoms with Gasteiger partial charge in [0.05, 0.1) is 18.4 Å². The van der Waals surface area contributed by atoms with Crippen molar-refractivity contribution in [1.29, 1.82) is 0 Å². The van der Waals surface area contributed by atoms with Gasteiger partial charge in [0.1, 0.15) is 5.76 Å². The highest BCUT2D eigenvalue weighted by atomic mass is 16.3. The topological polar surface area (TPSA) is 103 Å². The third-order valence-corrected chi connectivity index (χ3v) is 3.14. The zero-order chi connectivity index (χ0) is 15.4. The molecule has 1 aromatic carbocycles. The molecule has 2 rings (SSSR count). The molecule has 0 aliphatic heterocycles. The second-order valence-electron chi connectivity index (χ2n) is 4.72. The molecule has 6 heteroatoms. The second kappa shape index (κ2) is 6.13. The molecular weight excluding hydrogens is 270 g/mol. The van der Waals surface area contributed by atoms with Gasteiger partial charge in [0.25, 0.3) is 5.91 Å². The van der Waals surface area contributed by atoms with E-state index in [2.05, 4.69) is 0 Å². The van der Waals surface area contributed by atoms with Crippen LogP contribution in [0.15, 0.2) is 41.0 Å². The molecule has 6 nitrogen and oxygen atoms in total. The van der Waals surface area contributed by atoms with Crippen LogP contribution < -0.4 is 11.5 Å². The van der Waals surface area contributed by atoms with Crippen molar-refractivity contribution in [2.24, 2.45) is 5.73 Å². The standard InChI is InChI=1S/C15H17N3O3/c1-10-12(6-7-21-10)15(20)18(9-14(17)19)8-11-4-2-3-5-13(11)16/h2-7H,8-9,16H2,1H3,(H2,17,19). The Labute approximate surface area is 122 Å². The molecule has 0 atom stereocenters. The molecule has 2 amide bonds. The van der Waals surface area contributed by atoms with Crippen molar-refractivity contribution in [3.05, 3.63) is 53.5 Å². The maximum absolute atomic E-state index is 12.5. The number of hydrogen-bond acceptors (Lipinski definition) is 4. The van der Waals surface area contributed by atoms with Crippen molar-refractivity contribution in [3.8, 4) is 0 Å². The van der Waals surface area contributed by atoms with Crippen LogP contribution in [0.5, 0.6) is 0 Å². The Hall–Kier alpha value is -2.76. The van der Waals surface area contributed by atoms with Gasteiger partial charge in [-0.3, -0.25) is 9.59 Å². The van der Waals surface area contributed by atoms with Crippen LogP contribution in [0.25, 0.3) is 0 Å². The molecule has 0 unspecified atom stereocenters. The highest BCUT2D eigenvalue weighted by Crippen LogP contribution is 2.17. The third-order valence-electron chi connectivity index (χ3n) is 3.14. The molecule has 0 fully saturated rings. The summed E-state index contributed by atoms with van der Waals surface area (Å²) < 4.78 is 5.13. The lowest BCUT2D eigenvalue weighted by atomic mass is 10.1. The Morgan fingerprint density at radius 1 is 1.24 bits per heavy atom. The molecule has 0 radical (unpaired) electrons. The molecule has 0 saturated carbocycles. The van der Waals surface area contributed by atoms with E-state index in [9.17, 15) is 9.59 Å². The van der Waals surface area contributed by atoms with E-state index in [1.807, 2.05) is 6.07 Å². The number of amides is 2. The summed E-state index contributed by atoms with van der Waals surface area (Å²) >= 11 is 0. The minimum Gasteiger partial charge on any atom is -0.469 e. The molecule has 0 aliphatic carbocycles. The summed E-state index contributed by atoms with van der Waals surface area (Å²) in [5.74, 6) is -0.405. The lowest BCUT2D eigenvalue weighted by Gasteiger charge is -2.21. The molecule has 110 valence electrons. The average molecular weight is 287 g/mol. The fourth-order valence-corrected chi connectivity index (χ4v) is 2.05. The Morgan fingerprint density at radius 2 is 1.95 bits per heavy atom. The molecule has 0 saturated heterocycles. The summed E-state index contributed by atoms with van der Waals surface area (Å²) in [6.07, 6.45) is 1.43. The van der Waals surface area contributed by atoms with Crippen molar-refractivity contribution in [2.45, 2.75) is 13.5 Å². The van der Waals surface area contributed by atoms with Gasteiger partial charge in [0.15, 0.2) is 0 Å². The highest BCUT2D eigenvalue weighted by Gasteiger charge is 2.21. The number of anilines is 1. The zero-order valence-electron chi connectivity index (χ0n) is 11.7. The minimum atomic E-state index is -0.584. The summed E-state index contributed by atoms with van der Waals surface area (Å²) in [6, 6.07) is 8.74. The van der Waals surface area contributed by atoms with E-state index in [0.717, 1.165) is 5.56 Å². The van der Waals surface area contributed by atoms with E-state index in [1.54, 1.807) is 31.2 Å². The van der Waals surface area contributed by atoms with Crippen LogP contribution >= 0.6 is 0 Å². The molecule has 21 heavy (non-hydrogen) atoms. The monoisotopic (exact) mass is 287 g/mol. The predicted octanol–water partition coefficient (Wildman–Crippen LogP) is 1.30. The van der Waals surface area contributed by atoms with E-state index >= 15 is 0 Å². The number of rotatable bonds is 5. The van der Waals surface area contributed by atoms with Crippen molar-refractivity contribution in [1.82, 2.24) is 4.90 Å². The molecule has 0 aliphatic rings. The fraction of sp³-hybridized carbons (Fsp3) is 0.200. The van der Waals surface area contributed by atoms with Crippen LogP contribution in [0.1, 0.15) is 21.7 Å². The third kappa shape index (κ3) is 3.42. The van der Waals surface area contributed by atoms with E-state index in [1.165, 1.54) is 11.2 Å². The van der Waals surface area contributed by atoms with Crippen molar-refractivity contribution >= 4 is 17.5 Å². The number of hydrogen-bond donors (Lipinski definition) is 2.